The van der Waals surface area contributed by atoms with Gasteiger partial charge >= 0.3 is 0 Å². The summed E-state index contributed by atoms with van der Waals surface area (Å²) < 4.78 is 0. The SMILES string of the molecule is CCCN1CCCC(C(C)NCC(C)c2ccccc2)C1. The lowest BCUT2D eigenvalue weighted by Crippen LogP contribution is -2.45. The Kier molecular flexibility index (Phi) is 6.72. The number of piperidine rings is 1. The first-order chi connectivity index (χ1) is 10.2. The van der Waals surface area contributed by atoms with E-state index in [-0.39, 0.29) is 0 Å². The summed E-state index contributed by atoms with van der Waals surface area (Å²) >= 11 is 0. The Labute approximate surface area is 130 Å². The van der Waals surface area contributed by atoms with Crippen LogP contribution in [-0.2, 0) is 0 Å². The van der Waals surface area contributed by atoms with Gasteiger partial charge < -0.3 is 10.2 Å². The Hall–Kier alpha value is -0.860. The lowest BCUT2D eigenvalue weighted by atomic mass is 9.91. The molecular weight excluding hydrogens is 256 g/mol. The fraction of sp³-hybridized carbons (Fsp3) is 0.684. The summed E-state index contributed by atoms with van der Waals surface area (Å²) in [6.07, 6.45) is 4.03. The lowest BCUT2D eigenvalue weighted by Gasteiger charge is -2.36. The van der Waals surface area contributed by atoms with Crippen LogP contribution < -0.4 is 5.32 Å². The van der Waals surface area contributed by atoms with Crippen molar-refractivity contribution in [2.24, 2.45) is 5.92 Å². The number of benzene rings is 1. The molecule has 0 amide bonds. The van der Waals surface area contributed by atoms with Gasteiger partial charge in [0.15, 0.2) is 0 Å². The molecule has 1 aliphatic heterocycles. The predicted molar refractivity (Wildman–Crippen MR) is 91.8 cm³/mol. The zero-order chi connectivity index (χ0) is 15.1. The van der Waals surface area contributed by atoms with E-state index < -0.39 is 0 Å². The highest BCUT2D eigenvalue weighted by Gasteiger charge is 2.24. The molecule has 2 nitrogen and oxygen atoms in total. The first-order valence-electron chi connectivity index (χ1n) is 8.71. The Morgan fingerprint density at radius 1 is 1.24 bits per heavy atom. The molecule has 1 heterocycles. The van der Waals surface area contributed by atoms with Crippen LogP contribution in [0.5, 0.6) is 0 Å². The van der Waals surface area contributed by atoms with Crippen molar-refractivity contribution in [3.8, 4) is 0 Å². The summed E-state index contributed by atoms with van der Waals surface area (Å²) in [5.74, 6) is 1.40. The van der Waals surface area contributed by atoms with E-state index in [4.69, 9.17) is 0 Å². The minimum atomic E-state index is 0.587. The minimum absolute atomic E-state index is 0.587. The summed E-state index contributed by atoms with van der Waals surface area (Å²) in [6, 6.07) is 11.5. The molecule has 3 unspecified atom stereocenters. The van der Waals surface area contributed by atoms with Gasteiger partial charge in [0.25, 0.3) is 0 Å². The van der Waals surface area contributed by atoms with Crippen LogP contribution in [-0.4, -0.2) is 37.1 Å². The van der Waals surface area contributed by atoms with E-state index in [1.165, 1.54) is 44.5 Å². The van der Waals surface area contributed by atoms with Gasteiger partial charge in [0.2, 0.25) is 0 Å². The standard InChI is InChI=1S/C19H32N2/c1-4-12-21-13-8-11-19(15-21)17(3)20-14-16(2)18-9-6-5-7-10-18/h5-7,9-10,16-17,19-20H,4,8,11-15H2,1-3H3. The van der Waals surface area contributed by atoms with Crippen molar-refractivity contribution in [1.29, 1.82) is 0 Å². The summed E-state index contributed by atoms with van der Waals surface area (Å²) in [6.45, 7) is 11.9. The topological polar surface area (TPSA) is 15.3 Å². The van der Waals surface area contributed by atoms with Gasteiger partial charge in [-0.15, -0.1) is 0 Å². The fourth-order valence-electron chi connectivity index (χ4n) is 3.45. The molecule has 0 spiro atoms. The number of nitrogens with one attached hydrogen (secondary N) is 1. The highest BCUT2D eigenvalue weighted by molar-refractivity contribution is 5.19. The Bertz CT molecular complexity index is 388. The van der Waals surface area contributed by atoms with Gasteiger partial charge in [0, 0.05) is 19.1 Å². The van der Waals surface area contributed by atoms with E-state index in [2.05, 4.69) is 61.3 Å². The van der Waals surface area contributed by atoms with Crippen molar-refractivity contribution in [1.82, 2.24) is 10.2 Å². The van der Waals surface area contributed by atoms with E-state index >= 15 is 0 Å². The van der Waals surface area contributed by atoms with Crippen LogP contribution in [0.2, 0.25) is 0 Å². The van der Waals surface area contributed by atoms with Crippen LogP contribution in [0.1, 0.15) is 51.5 Å². The minimum Gasteiger partial charge on any atom is -0.313 e. The summed E-state index contributed by atoms with van der Waals surface area (Å²) in [5.41, 5.74) is 1.44. The maximum Gasteiger partial charge on any atom is 0.00794 e. The fourth-order valence-corrected chi connectivity index (χ4v) is 3.45. The molecule has 0 bridgehead atoms. The molecule has 2 rings (SSSR count). The highest BCUT2D eigenvalue weighted by atomic mass is 15.1. The average molecular weight is 288 g/mol. The van der Waals surface area contributed by atoms with Crippen molar-refractivity contribution in [3.05, 3.63) is 35.9 Å². The van der Waals surface area contributed by atoms with Gasteiger partial charge in [0.05, 0.1) is 0 Å². The van der Waals surface area contributed by atoms with Crippen LogP contribution in [0.4, 0.5) is 0 Å². The number of nitrogens with zero attached hydrogens (tertiary/aromatic N) is 1. The zero-order valence-corrected chi connectivity index (χ0v) is 14.0. The van der Waals surface area contributed by atoms with Gasteiger partial charge in [-0.25, -0.2) is 0 Å². The van der Waals surface area contributed by atoms with E-state index in [0.29, 0.717) is 12.0 Å². The molecule has 118 valence electrons. The lowest BCUT2D eigenvalue weighted by molar-refractivity contribution is 0.150. The van der Waals surface area contributed by atoms with E-state index in [9.17, 15) is 0 Å². The number of likely N-dealkylation sites (tertiary alicyclic amines) is 1. The smallest absolute Gasteiger partial charge is 0.00794 e. The molecule has 1 N–H and O–H groups in total. The van der Waals surface area contributed by atoms with Crippen molar-refractivity contribution in [3.63, 3.8) is 0 Å². The third-order valence-electron chi connectivity index (χ3n) is 4.90. The second-order valence-corrected chi connectivity index (χ2v) is 6.71. The maximum atomic E-state index is 3.79. The van der Waals surface area contributed by atoms with Gasteiger partial charge in [-0.2, -0.15) is 0 Å². The predicted octanol–water partition coefficient (Wildman–Crippen LogP) is 3.89. The van der Waals surface area contributed by atoms with Crippen LogP contribution in [0.3, 0.4) is 0 Å². The summed E-state index contributed by atoms with van der Waals surface area (Å²) in [4.78, 5) is 2.65. The van der Waals surface area contributed by atoms with Crippen molar-refractivity contribution >= 4 is 0 Å². The molecule has 0 radical (unpaired) electrons. The molecule has 0 saturated carbocycles. The highest BCUT2D eigenvalue weighted by Crippen LogP contribution is 2.21. The zero-order valence-electron chi connectivity index (χ0n) is 14.0. The quantitative estimate of drug-likeness (QED) is 0.819. The van der Waals surface area contributed by atoms with Crippen LogP contribution in [0.15, 0.2) is 30.3 Å². The Balaban J connectivity index is 1.77. The Morgan fingerprint density at radius 2 is 2.00 bits per heavy atom. The Morgan fingerprint density at radius 3 is 2.71 bits per heavy atom. The van der Waals surface area contributed by atoms with Crippen molar-refractivity contribution < 1.29 is 0 Å². The molecular formula is C19H32N2. The van der Waals surface area contributed by atoms with Crippen molar-refractivity contribution in [2.45, 2.75) is 52.0 Å². The van der Waals surface area contributed by atoms with Crippen LogP contribution >= 0.6 is 0 Å². The molecule has 1 aromatic rings. The molecule has 1 aromatic carbocycles. The second kappa shape index (κ2) is 8.55. The molecule has 2 heteroatoms. The van der Waals surface area contributed by atoms with Crippen molar-refractivity contribution in [2.75, 3.05) is 26.2 Å². The van der Waals surface area contributed by atoms with Gasteiger partial charge in [-0.1, -0.05) is 44.2 Å². The van der Waals surface area contributed by atoms with E-state index in [1.807, 2.05) is 0 Å². The number of hydrogen-bond acceptors (Lipinski definition) is 2. The molecule has 21 heavy (non-hydrogen) atoms. The second-order valence-electron chi connectivity index (χ2n) is 6.71. The first kappa shape index (κ1) is 16.5. The third kappa shape index (κ3) is 5.12. The number of rotatable bonds is 7. The molecule has 1 aliphatic rings. The first-order valence-corrected chi connectivity index (χ1v) is 8.71. The average Bonchev–Trinajstić information content (AvgIpc) is 2.53. The van der Waals surface area contributed by atoms with Crippen LogP contribution in [0, 0.1) is 5.92 Å². The molecule has 0 aromatic heterocycles. The monoisotopic (exact) mass is 288 g/mol. The summed E-state index contributed by atoms with van der Waals surface area (Å²) in [7, 11) is 0. The van der Waals surface area contributed by atoms with Crippen LogP contribution in [0.25, 0.3) is 0 Å². The summed E-state index contributed by atoms with van der Waals surface area (Å²) in [5, 5.41) is 3.79. The van der Waals surface area contributed by atoms with Gasteiger partial charge in [-0.3, -0.25) is 0 Å². The van der Waals surface area contributed by atoms with Gasteiger partial charge in [0.1, 0.15) is 0 Å². The molecule has 1 saturated heterocycles. The molecule has 1 fully saturated rings. The van der Waals surface area contributed by atoms with Gasteiger partial charge in [-0.05, 0) is 56.7 Å². The normalized spacial score (nSPS) is 22.9. The number of hydrogen-bond donors (Lipinski definition) is 1. The molecule has 0 aliphatic carbocycles. The largest absolute Gasteiger partial charge is 0.313 e. The molecule has 3 atom stereocenters. The maximum absolute atomic E-state index is 3.79. The van der Waals surface area contributed by atoms with E-state index in [1.54, 1.807) is 0 Å². The van der Waals surface area contributed by atoms with E-state index in [0.717, 1.165) is 12.5 Å². The third-order valence-corrected chi connectivity index (χ3v) is 4.90.